The molecular formula is H6I2KNaO. The van der Waals surface area contributed by atoms with Gasteiger partial charge in [0.2, 0.25) is 0 Å². The Morgan fingerprint density at radius 3 is 1.00 bits per heavy atom. The summed E-state index contributed by atoms with van der Waals surface area (Å²) in [5.41, 5.74) is 0. The molecule has 28 valence electrons. The zero-order valence-electron chi connectivity index (χ0n) is 5.32. The molecule has 0 aromatic rings. The minimum Gasteiger partial charge on any atom is -1.00 e. The van der Waals surface area contributed by atoms with E-state index in [4.69, 9.17) is 0 Å². The first-order valence-corrected chi connectivity index (χ1v) is 0. The first-order chi connectivity index (χ1) is 0. The molecule has 0 rings (SSSR count). The van der Waals surface area contributed by atoms with Crippen molar-refractivity contribution in [2.45, 2.75) is 0 Å². The van der Waals surface area contributed by atoms with Gasteiger partial charge >= 0.3 is 80.9 Å². The van der Waals surface area contributed by atoms with E-state index >= 15 is 0 Å². The third kappa shape index (κ3) is 18.0. The Labute approximate surface area is 133 Å². The van der Waals surface area contributed by atoms with Crippen molar-refractivity contribution < 1.29 is 89.3 Å². The van der Waals surface area contributed by atoms with E-state index in [1.165, 1.54) is 0 Å². The van der Waals surface area contributed by atoms with Crippen molar-refractivity contribution in [3.63, 3.8) is 0 Å². The van der Waals surface area contributed by atoms with Crippen LogP contribution in [-0.2, 0) is 0 Å². The molecule has 0 aliphatic heterocycles. The molecule has 0 fully saturated rings. The fourth-order valence-corrected chi connectivity index (χ4v) is 0. The molecule has 0 aliphatic carbocycles. The van der Waals surface area contributed by atoms with Crippen LogP contribution in [0, 0.1) is 0 Å². The topological polar surface area (TPSA) is 31.5 Å². The summed E-state index contributed by atoms with van der Waals surface area (Å²) in [7, 11) is 0. The van der Waals surface area contributed by atoms with Crippen molar-refractivity contribution in [2.75, 3.05) is 0 Å². The molecule has 0 aromatic heterocycles. The van der Waals surface area contributed by atoms with Gasteiger partial charge in [-0.3, -0.25) is 0 Å². The monoisotopic (exact) mass is 338 g/mol. The predicted molar refractivity (Wildman–Crippen MR) is 36.7 cm³/mol. The van der Waals surface area contributed by atoms with Crippen LogP contribution >= 0.6 is 48.0 Å². The Morgan fingerprint density at radius 1 is 1.00 bits per heavy atom. The maximum Gasteiger partial charge on any atom is 1.00 e. The summed E-state index contributed by atoms with van der Waals surface area (Å²) in [6.07, 6.45) is 0. The Morgan fingerprint density at radius 2 is 1.00 bits per heavy atom. The summed E-state index contributed by atoms with van der Waals surface area (Å²) in [6.45, 7) is 0. The van der Waals surface area contributed by atoms with Gasteiger partial charge in [-0.25, -0.2) is 0 Å². The first-order valence-electron chi connectivity index (χ1n) is 0. The second-order valence-corrected chi connectivity index (χ2v) is 0. The third-order valence-corrected chi connectivity index (χ3v) is 0. The van der Waals surface area contributed by atoms with Gasteiger partial charge in [-0.05, 0) is 0 Å². The van der Waals surface area contributed by atoms with E-state index in [1.807, 2.05) is 0 Å². The predicted octanol–water partition coefficient (Wildman–Crippen LogP) is -5.36. The van der Waals surface area contributed by atoms with E-state index in [1.54, 1.807) is 0 Å². The van der Waals surface area contributed by atoms with Gasteiger partial charge in [-0.1, -0.05) is 0 Å². The quantitative estimate of drug-likeness (QED) is 0.312. The third-order valence-electron chi connectivity index (χ3n) is 0. The van der Waals surface area contributed by atoms with Crippen LogP contribution in [0.5, 0.6) is 0 Å². The summed E-state index contributed by atoms with van der Waals surface area (Å²) in [5.74, 6) is 0. The Hall–Kier alpha value is 4.06. The second kappa shape index (κ2) is 24.4. The molecule has 0 saturated carbocycles. The van der Waals surface area contributed by atoms with Crippen LogP contribution in [0.15, 0.2) is 0 Å². The number of hydrogen-bond donors (Lipinski definition) is 0. The van der Waals surface area contributed by atoms with E-state index in [0.29, 0.717) is 0 Å². The SMILES string of the molecule is I.I.O.[H-].[H-].[K+].[Na+]. The molecule has 0 heterocycles. The van der Waals surface area contributed by atoms with Crippen LogP contribution < -0.4 is 80.9 Å². The molecule has 0 aliphatic rings. The number of rotatable bonds is 0. The van der Waals surface area contributed by atoms with Crippen molar-refractivity contribution in [1.29, 1.82) is 0 Å². The van der Waals surface area contributed by atoms with Gasteiger partial charge in [0.05, 0.1) is 0 Å². The van der Waals surface area contributed by atoms with Crippen LogP contribution in [-0.4, -0.2) is 5.48 Å². The molecule has 0 aromatic carbocycles. The normalized spacial score (nSPS) is 0. The zero-order valence-corrected chi connectivity index (χ0v) is 13.1. The van der Waals surface area contributed by atoms with Gasteiger partial charge in [0.15, 0.2) is 0 Å². The Balaban J connectivity index is 0. The summed E-state index contributed by atoms with van der Waals surface area (Å²) >= 11 is 0. The minimum absolute atomic E-state index is 0. The van der Waals surface area contributed by atoms with E-state index in [-0.39, 0.29) is 137 Å². The molecule has 5 heavy (non-hydrogen) atoms. The van der Waals surface area contributed by atoms with Crippen molar-refractivity contribution in [3.05, 3.63) is 0 Å². The van der Waals surface area contributed by atoms with Gasteiger partial charge in [0.1, 0.15) is 0 Å². The van der Waals surface area contributed by atoms with Gasteiger partial charge in [0, 0.05) is 0 Å². The second-order valence-electron chi connectivity index (χ2n) is 0. The molecule has 0 bridgehead atoms. The van der Waals surface area contributed by atoms with Gasteiger partial charge in [0.25, 0.3) is 0 Å². The van der Waals surface area contributed by atoms with E-state index in [9.17, 15) is 0 Å². The van der Waals surface area contributed by atoms with Gasteiger partial charge < -0.3 is 8.33 Å². The standard InChI is InChI=1S/2HI.K.Na.H2O.2H/h2*1H;;;1H2;;/q;;2*+1;;2*-1. The maximum absolute atomic E-state index is 0. The molecule has 0 spiro atoms. The van der Waals surface area contributed by atoms with E-state index < -0.39 is 0 Å². The van der Waals surface area contributed by atoms with Crippen molar-refractivity contribution in [1.82, 2.24) is 0 Å². The molecule has 0 radical (unpaired) electrons. The minimum atomic E-state index is 0. The summed E-state index contributed by atoms with van der Waals surface area (Å²) < 4.78 is 0. The van der Waals surface area contributed by atoms with Crippen LogP contribution in [0.3, 0.4) is 0 Å². The fourth-order valence-electron chi connectivity index (χ4n) is 0. The van der Waals surface area contributed by atoms with Crippen LogP contribution in [0.25, 0.3) is 0 Å². The summed E-state index contributed by atoms with van der Waals surface area (Å²) in [6, 6.07) is 0. The number of hydrogen-bond acceptors (Lipinski definition) is 0. The van der Waals surface area contributed by atoms with Crippen LogP contribution in [0.2, 0.25) is 0 Å². The van der Waals surface area contributed by atoms with Crippen molar-refractivity contribution in [3.8, 4) is 0 Å². The van der Waals surface area contributed by atoms with Crippen LogP contribution in [0.1, 0.15) is 2.85 Å². The Kier molecular flexibility index (Phi) is 174. The van der Waals surface area contributed by atoms with Crippen molar-refractivity contribution in [2.24, 2.45) is 0 Å². The summed E-state index contributed by atoms with van der Waals surface area (Å²) in [5, 5.41) is 0. The average Bonchev–Trinajstić information content (AvgIpc) is 0. The first kappa shape index (κ1) is 35.7. The fraction of sp³-hybridized carbons (Fsp3) is 0. The molecule has 0 amide bonds. The molecule has 5 heteroatoms. The van der Waals surface area contributed by atoms with E-state index in [0.717, 1.165) is 0 Å². The van der Waals surface area contributed by atoms with Gasteiger partial charge in [-0.2, -0.15) is 0 Å². The Bertz CT molecular complexity index is 15.7. The molecular weight excluding hydrogens is 332 g/mol. The molecule has 0 atom stereocenters. The van der Waals surface area contributed by atoms with Crippen LogP contribution in [0.4, 0.5) is 0 Å². The van der Waals surface area contributed by atoms with Crippen molar-refractivity contribution >= 4 is 48.0 Å². The molecule has 1 nitrogen and oxygen atoms in total. The molecule has 0 saturated heterocycles. The zero-order chi connectivity index (χ0) is 0. The number of halogens is 2. The average molecular weight is 338 g/mol. The van der Waals surface area contributed by atoms with Gasteiger partial charge in [-0.15, -0.1) is 48.0 Å². The smallest absolute Gasteiger partial charge is 1.00 e. The maximum atomic E-state index is 0. The summed E-state index contributed by atoms with van der Waals surface area (Å²) in [4.78, 5) is 0. The largest absolute Gasteiger partial charge is 1.00 e. The molecule has 0 unspecified atom stereocenters. The van der Waals surface area contributed by atoms with E-state index in [2.05, 4.69) is 0 Å². The molecule has 2 N–H and O–H groups in total.